The van der Waals surface area contributed by atoms with Gasteiger partial charge in [0.05, 0.1) is 13.2 Å². The van der Waals surface area contributed by atoms with E-state index in [1.165, 1.54) is 16.9 Å². The first-order valence-electron chi connectivity index (χ1n) is 10.9. The first-order chi connectivity index (χ1) is 16.0. The predicted molar refractivity (Wildman–Crippen MR) is 130 cm³/mol. The molecule has 8 nitrogen and oxygen atoms in total. The second-order valence-corrected chi connectivity index (χ2v) is 8.75. The predicted octanol–water partition coefficient (Wildman–Crippen LogP) is 3.89. The monoisotopic (exact) mass is 462 g/mol. The van der Waals surface area contributed by atoms with Gasteiger partial charge in [0.15, 0.2) is 0 Å². The molecule has 1 fully saturated rings. The number of hydrogen-bond acceptors (Lipinski definition) is 7. The van der Waals surface area contributed by atoms with Crippen molar-refractivity contribution in [1.29, 1.82) is 5.26 Å². The van der Waals surface area contributed by atoms with E-state index < -0.39 is 5.91 Å². The number of benzene rings is 1. The summed E-state index contributed by atoms with van der Waals surface area (Å²) in [5, 5.41) is 21.7. The van der Waals surface area contributed by atoms with Gasteiger partial charge in [-0.3, -0.25) is 10.1 Å². The van der Waals surface area contributed by atoms with Gasteiger partial charge in [0.25, 0.3) is 5.91 Å². The second kappa shape index (κ2) is 9.98. The minimum absolute atomic E-state index is 0.0136. The molecule has 0 radical (unpaired) electrons. The summed E-state index contributed by atoms with van der Waals surface area (Å²) in [5.41, 5.74) is 5.15. The highest BCUT2D eigenvalue weighted by atomic mass is 32.1. The molecular weight excluding hydrogens is 436 g/mol. The summed E-state index contributed by atoms with van der Waals surface area (Å²) in [7, 11) is 0. The number of aromatic nitrogens is 3. The molecule has 4 rings (SSSR count). The molecule has 33 heavy (non-hydrogen) atoms. The summed E-state index contributed by atoms with van der Waals surface area (Å²) < 4.78 is 7.48. The van der Waals surface area contributed by atoms with Gasteiger partial charge in [-0.2, -0.15) is 5.26 Å². The van der Waals surface area contributed by atoms with E-state index in [-0.39, 0.29) is 5.57 Å². The smallest absolute Gasteiger partial charge is 0.268 e. The Labute approximate surface area is 197 Å². The van der Waals surface area contributed by atoms with Crippen LogP contribution >= 0.6 is 11.3 Å². The van der Waals surface area contributed by atoms with Gasteiger partial charge in [-0.25, -0.2) is 0 Å². The van der Waals surface area contributed by atoms with E-state index in [9.17, 15) is 10.1 Å². The number of carbonyl (C=O) groups excluding carboxylic acids is 1. The Morgan fingerprint density at radius 1 is 1.24 bits per heavy atom. The topological polar surface area (TPSA) is 96.1 Å². The molecule has 1 aliphatic rings. The molecule has 1 saturated heterocycles. The van der Waals surface area contributed by atoms with Gasteiger partial charge in [0, 0.05) is 30.2 Å². The van der Waals surface area contributed by atoms with Crippen molar-refractivity contribution < 1.29 is 9.53 Å². The quantitative estimate of drug-likeness (QED) is 0.441. The molecule has 0 aliphatic carbocycles. The highest BCUT2D eigenvalue weighted by Crippen LogP contribution is 2.26. The molecule has 0 saturated carbocycles. The summed E-state index contributed by atoms with van der Waals surface area (Å²) in [5.74, 6) is -0.501. The van der Waals surface area contributed by atoms with Gasteiger partial charge in [-0.05, 0) is 55.7 Å². The molecule has 9 heteroatoms. The molecule has 0 unspecified atom stereocenters. The van der Waals surface area contributed by atoms with Crippen LogP contribution in [0.5, 0.6) is 0 Å². The average molecular weight is 463 g/mol. The van der Waals surface area contributed by atoms with Crippen LogP contribution in [-0.4, -0.2) is 47.0 Å². The lowest BCUT2D eigenvalue weighted by Crippen LogP contribution is -2.36. The average Bonchev–Trinajstić information content (AvgIpc) is 3.41. The van der Waals surface area contributed by atoms with Crippen LogP contribution in [0.25, 0.3) is 11.8 Å². The Morgan fingerprint density at radius 2 is 1.97 bits per heavy atom. The third kappa shape index (κ3) is 4.97. The van der Waals surface area contributed by atoms with Gasteiger partial charge in [0.2, 0.25) is 10.3 Å². The van der Waals surface area contributed by atoms with E-state index >= 15 is 0 Å². The molecule has 0 atom stereocenters. The fourth-order valence-corrected chi connectivity index (χ4v) is 4.62. The minimum atomic E-state index is -0.501. The fourth-order valence-electron chi connectivity index (χ4n) is 3.83. The van der Waals surface area contributed by atoms with Crippen LogP contribution in [-0.2, 0) is 16.0 Å². The van der Waals surface area contributed by atoms with Crippen molar-refractivity contribution in [2.45, 2.75) is 27.2 Å². The molecule has 170 valence electrons. The van der Waals surface area contributed by atoms with Gasteiger partial charge in [0.1, 0.15) is 11.6 Å². The first-order valence-corrected chi connectivity index (χ1v) is 11.7. The van der Waals surface area contributed by atoms with E-state index in [2.05, 4.69) is 56.2 Å². The van der Waals surface area contributed by atoms with E-state index in [0.717, 1.165) is 47.3 Å². The highest BCUT2D eigenvalue weighted by Gasteiger charge is 2.19. The van der Waals surface area contributed by atoms with E-state index in [0.29, 0.717) is 18.3 Å². The summed E-state index contributed by atoms with van der Waals surface area (Å²) in [6.45, 7) is 8.89. The molecule has 2 aromatic heterocycles. The van der Waals surface area contributed by atoms with Crippen molar-refractivity contribution in [2.75, 3.05) is 36.5 Å². The molecule has 1 amide bonds. The van der Waals surface area contributed by atoms with Gasteiger partial charge in [-0.1, -0.05) is 30.4 Å². The number of nitriles is 1. The van der Waals surface area contributed by atoms with Crippen molar-refractivity contribution in [2.24, 2.45) is 0 Å². The standard InChI is InChI=1S/C24H26N6O2S/c1-4-18-5-7-21(8-6-18)30-16(2)13-19(17(30)3)14-20(15-25)22(31)26-23-27-28-24(33-23)29-9-11-32-12-10-29/h5-8,13-14H,4,9-12H2,1-3H3,(H,26,27,31)/b20-14-. The molecule has 0 bridgehead atoms. The second-order valence-electron chi connectivity index (χ2n) is 7.80. The van der Waals surface area contributed by atoms with Crippen LogP contribution < -0.4 is 10.2 Å². The minimum Gasteiger partial charge on any atom is -0.378 e. The zero-order valence-electron chi connectivity index (χ0n) is 19.0. The van der Waals surface area contributed by atoms with Crippen molar-refractivity contribution in [3.63, 3.8) is 0 Å². The molecular formula is C24H26N6O2S. The largest absolute Gasteiger partial charge is 0.378 e. The number of hydrogen-bond donors (Lipinski definition) is 1. The maximum absolute atomic E-state index is 12.8. The Morgan fingerprint density at radius 3 is 2.64 bits per heavy atom. The number of aryl methyl sites for hydroxylation is 2. The zero-order chi connectivity index (χ0) is 23.4. The van der Waals surface area contributed by atoms with Crippen LogP contribution in [0.1, 0.15) is 29.4 Å². The van der Waals surface area contributed by atoms with Crippen LogP contribution in [0.2, 0.25) is 0 Å². The summed E-state index contributed by atoms with van der Waals surface area (Å²) in [4.78, 5) is 14.8. The normalized spacial score (nSPS) is 14.2. The SMILES string of the molecule is CCc1ccc(-n2c(C)cc(/C=C(/C#N)C(=O)Nc3nnc(N4CCOCC4)s3)c2C)cc1. The Balaban J connectivity index is 1.53. The number of ether oxygens (including phenoxy) is 1. The van der Waals surface area contributed by atoms with Gasteiger partial charge >= 0.3 is 0 Å². The van der Waals surface area contributed by atoms with Crippen molar-refractivity contribution in [3.8, 4) is 11.8 Å². The first kappa shape index (κ1) is 22.7. The van der Waals surface area contributed by atoms with Crippen molar-refractivity contribution >= 4 is 33.6 Å². The fraction of sp³-hybridized carbons (Fsp3) is 0.333. The third-order valence-electron chi connectivity index (χ3n) is 5.65. The summed E-state index contributed by atoms with van der Waals surface area (Å²) >= 11 is 1.29. The van der Waals surface area contributed by atoms with Crippen molar-refractivity contribution in [1.82, 2.24) is 14.8 Å². The Kier molecular flexibility index (Phi) is 6.87. The van der Waals surface area contributed by atoms with Crippen LogP contribution in [0.3, 0.4) is 0 Å². The van der Waals surface area contributed by atoms with E-state index in [1.54, 1.807) is 6.08 Å². The van der Waals surface area contributed by atoms with Crippen LogP contribution in [0.4, 0.5) is 10.3 Å². The number of anilines is 2. The highest BCUT2D eigenvalue weighted by molar-refractivity contribution is 7.19. The number of morpholine rings is 1. The van der Waals surface area contributed by atoms with E-state index in [4.69, 9.17) is 4.74 Å². The maximum atomic E-state index is 12.8. The number of nitrogens with one attached hydrogen (secondary N) is 1. The number of nitrogens with zero attached hydrogens (tertiary/aromatic N) is 5. The summed E-state index contributed by atoms with van der Waals surface area (Å²) in [6, 6.07) is 12.4. The molecule has 1 N–H and O–H groups in total. The Bertz CT molecular complexity index is 1210. The van der Waals surface area contributed by atoms with Crippen LogP contribution in [0, 0.1) is 25.2 Å². The number of amides is 1. The molecule has 1 aromatic carbocycles. The lowest BCUT2D eigenvalue weighted by Gasteiger charge is -2.25. The lowest BCUT2D eigenvalue weighted by molar-refractivity contribution is -0.112. The summed E-state index contributed by atoms with van der Waals surface area (Å²) in [6.07, 6.45) is 2.61. The molecule has 3 heterocycles. The van der Waals surface area contributed by atoms with Crippen LogP contribution in [0.15, 0.2) is 35.9 Å². The number of rotatable bonds is 6. The zero-order valence-corrected chi connectivity index (χ0v) is 19.8. The lowest BCUT2D eigenvalue weighted by atomic mass is 10.1. The van der Waals surface area contributed by atoms with Crippen molar-refractivity contribution in [3.05, 3.63) is 58.4 Å². The van der Waals surface area contributed by atoms with Gasteiger partial charge < -0.3 is 14.2 Å². The van der Waals surface area contributed by atoms with E-state index in [1.807, 2.05) is 26.0 Å². The Hall–Kier alpha value is -3.48. The molecule has 3 aromatic rings. The third-order valence-corrected chi connectivity index (χ3v) is 6.55. The molecule has 0 spiro atoms. The maximum Gasteiger partial charge on any atom is 0.268 e. The van der Waals surface area contributed by atoms with Gasteiger partial charge in [-0.15, -0.1) is 10.2 Å². The number of carbonyl (C=O) groups is 1. The molecule has 1 aliphatic heterocycles.